The van der Waals surface area contributed by atoms with Gasteiger partial charge in [-0.3, -0.25) is 10.1 Å². The van der Waals surface area contributed by atoms with Gasteiger partial charge in [0.1, 0.15) is 0 Å². The lowest BCUT2D eigenvalue weighted by Gasteiger charge is -2.60. The van der Waals surface area contributed by atoms with Gasteiger partial charge in [-0.05, 0) is 64.2 Å². The first-order valence-electron chi connectivity index (χ1n) is 8.15. The molecule has 3 unspecified atom stereocenters. The van der Waals surface area contributed by atoms with Crippen LogP contribution in [0.5, 0.6) is 0 Å². The van der Waals surface area contributed by atoms with E-state index in [0.717, 1.165) is 25.7 Å². The Kier molecular flexibility index (Phi) is 2.72. The second-order valence-corrected chi connectivity index (χ2v) is 8.06. The van der Waals surface area contributed by atoms with E-state index in [9.17, 15) is 9.90 Å². The summed E-state index contributed by atoms with van der Waals surface area (Å²) in [5, 5.41) is 13.6. The molecule has 5 rings (SSSR count). The van der Waals surface area contributed by atoms with Crippen molar-refractivity contribution in [2.45, 2.75) is 70.1 Å². The van der Waals surface area contributed by atoms with Gasteiger partial charge in [0.25, 0.3) is 11.9 Å². The van der Waals surface area contributed by atoms with Crippen LogP contribution in [0.25, 0.3) is 0 Å². The normalized spacial score (nSPS) is 49.8. The van der Waals surface area contributed by atoms with Crippen molar-refractivity contribution in [3.05, 3.63) is 0 Å². The van der Waals surface area contributed by atoms with Gasteiger partial charge >= 0.3 is 0 Å². The van der Waals surface area contributed by atoms with Crippen LogP contribution < -0.4 is 5.32 Å². The molecule has 4 aliphatic carbocycles. The summed E-state index contributed by atoms with van der Waals surface area (Å²) in [5.41, 5.74) is -0.747. The van der Waals surface area contributed by atoms with Crippen molar-refractivity contribution in [2.24, 2.45) is 22.2 Å². The number of hydrogen-bond donors (Lipinski definition) is 2. The van der Waals surface area contributed by atoms with Crippen LogP contribution in [0.4, 0.5) is 0 Å². The lowest BCUT2D eigenvalue weighted by Crippen LogP contribution is -2.60. The molecule has 1 aliphatic heterocycles. The Morgan fingerprint density at radius 2 is 1.95 bits per heavy atom. The largest absolute Gasteiger partial charge is 0.451 e. The van der Waals surface area contributed by atoms with Crippen LogP contribution in [-0.2, 0) is 9.53 Å². The average molecular weight is 292 g/mol. The fourth-order valence-corrected chi connectivity index (χ4v) is 5.66. The molecule has 21 heavy (non-hydrogen) atoms. The Morgan fingerprint density at radius 3 is 2.52 bits per heavy atom. The first-order valence-corrected chi connectivity index (χ1v) is 8.15. The van der Waals surface area contributed by atoms with E-state index in [1.54, 1.807) is 0 Å². The van der Waals surface area contributed by atoms with E-state index in [4.69, 9.17) is 4.74 Å². The molecule has 0 aromatic heterocycles. The molecule has 3 atom stereocenters. The number of ether oxygens (including phenoxy) is 1. The van der Waals surface area contributed by atoms with E-state index in [1.807, 2.05) is 13.8 Å². The summed E-state index contributed by atoms with van der Waals surface area (Å²) in [6.07, 6.45) is 5.30. The molecule has 0 aromatic rings. The fourth-order valence-electron chi connectivity index (χ4n) is 5.66. The lowest BCUT2D eigenvalue weighted by molar-refractivity contribution is -0.190. The average Bonchev–Trinajstić information content (AvgIpc) is 2.66. The highest BCUT2D eigenvalue weighted by atomic mass is 16.5. The van der Waals surface area contributed by atoms with Gasteiger partial charge in [-0.15, -0.1) is 0 Å². The topological polar surface area (TPSA) is 70.9 Å². The number of carbonyl (C=O) groups excluding carboxylic acids is 1. The summed E-state index contributed by atoms with van der Waals surface area (Å²) in [5.74, 6) is 1.04. The molecule has 116 valence electrons. The Labute approximate surface area is 125 Å². The lowest BCUT2D eigenvalue weighted by atomic mass is 9.46. The van der Waals surface area contributed by atoms with Crippen molar-refractivity contribution >= 4 is 11.9 Å². The summed E-state index contributed by atoms with van der Waals surface area (Å²) in [6.45, 7) is 3.92. The highest BCUT2D eigenvalue weighted by molar-refractivity contribution is 6.02. The van der Waals surface area contributed by atoms with E-state index in [2.05, 4.69) is 10.3 Å². The van der Waals surface area contributed by atoms with Crippen molar-refractivity contribution < 1.29 is 14.6 Å². The molecule has 4 saturated carbocycles. The predicted octanol–water partition coefficient (Wildman–Crippen LogP) is 1.60. The van der Waals surface area contributed by atoms with Gasteiger partial charge in [-0.1, -0.05) is 0 Å². The smallest absolute Gasteiger partial charge is 0.292 e. The van der Waals surface area contributed by atoms with Gasteiger partial charge in [-0.25, -0.2) is 4.99 Å². The molecule has 1 saturated heterocycles. The van der Waals surface area contributed by atoms with Crippen molar-refractivity contribution in [3.8, 4) is 0 Å². The number of nitrogens with zero attached hydrogens (tertiary/aromatic N) is 1. The van der Waals surface area contributed by atoms with Crippen LogP contribution in [-0.4, -0.2) is 34.8 Å². The van der Waals surface area contributed by atoms with Gasteiger partial charge in [-0.2, -0.15) is 0 Å². The molecule has 1 heterocycles. The molecular formula is C16H24N2O3. The predicted molar refractivity (Wildman–Crippen MR) is 77.7 cm³/mol. The maximum atomic E-state index is 12.4. The molecule has 0 aromatic carbocycles. The van der Waals surface area contributed by atoms with Crippen LogP contribution >= 0.6 is 0 Å². The summed E-state index contributed by atoms with van der Waals surface area (Å²) in [7, 11) is 0. The summed E-state index contributed by atoms with van der Waals surface area (Å²) in [4.78, 5) is 16.7. The Balaban J connectivity index is 1.63. The zero-order chi connectivity index (χ0) is 14.8. The van der Waals surface area contributed by atoms with Crippen LogP contribution in [0.15, 0.2) is 4.99 Å². The van der Waals surface area contributed by atoms with Gasteiger partial charge in [0.15, 0.2) is 6.10 Å². The molecule has 5 heteroatoms. The van der Waals surface area contributed by atoms with E-state index >= 15 is 0 Å². The minimum Gasteiger partial charge on any atom is -0.451 e. The first-order chi connectivity index (χ1) is 9.87. The number of rotatable bonds is 2. The molecule has 5 fully saturated rings. The molecule has 5 aliphatic rings. The van der Waals surface area contributed by atoms with Crippen LogP contribution in [0.3, 0.4) is 0 Å². The third-order valence-corrected chi connectivity index (χ3v) is 5.70. The summed E-state index contributed by atoms with van der Waals surface area (Å²) >= 11 is 0. The molecular weight excluding hydrogens is 268 g/mol. The summed E-state index contributed by atoms with van der Waals surface area (Å²) < 4.78 is 5.89. The quantitative estimate of drug-likeness (QED) is 0.812. The number of nitrogens with one attached hydrogen (secondary N) is 1. The Hall–Kier alpha value is -1.10. The minimum atomic E-state index is -0.564. The van der Waals surface area contributed by atoms with E-state index in [1.165, 1.54) is 6.42 Å². The second kappa shape index (κ2) is 4.22. The third-order valence-electron chi connectivity index (χ3n) is 5.70. The third kappa shape index (κ3) is 2.08. The van der Waals surface area contributed by atoms with Gasteiger partial charge in [0.05, 0.1) is 5.60 Å². The molecule has 0 spiro atoms. The van der Waals surface area contributed by atoms with Gasteiger partial charge in [0.2, 0.25) is 0 Å². The van der Waals surface area contributed by atoms with Crippen molar-refractivity contribution in [3.63, 3.8) is 0 Å². The van der Waals surface area contributed by atoms with Crippen molar-refractivity contribution in [1.29, 1.82) is 0 Å². The minimum absolute atomic E-state index is 0.0695. The van der Waals surface area contributed by atoms with Gasteiger partial charge in [0, 0.05) is 11.5 Å². The van der Waals surface area contributed by atoms with Crippen LogP contribution in [0, 0.1) is 17.3 Å². The van der Waals surface area contributed by atoms with E-state index < -0.39 is 11.7 Å². The summed E-state index contributed by atoms with van der Waals surface area (Å²) in [6, 6.07) is 0.460. The molecule has 0 radical (unpaired) electrons. The van der Waals surface area contributed by atoms with Crippen LogP contribution in [0.2, 0.25) is 0 Å². The van der Waals surface area contributed by atoms with Gasteiger partial charge < -0.3 is 9.84 Å². The zero-order valence-corrected chi connectivity index (χ0v) is 12.8. The van der Waals surface area contributed by atoms with E-state index in [0.29, 0.717) is 24.3 Å². The maximum absolute atomic E-state index is 12.4. The highest BCUT2D eigenvalue weighted by Crippen LogP contribution is 2.63. The zero-order valence-electron chi connectivity index (χ0n) is 12.8. The highest BCUT2D eigenvalue weighted by Gasteiger charge is 2.63. The molecule has 5 nitrogen and oxygen atoms in total. The standard InChI is InChI=1S/C16H24N2O3/c1-9(2)17-14-18-13(19)12(21-14)15-4-10-3-11(5-15)7-16(20,6-10)8-15/h9-12,20H,3-8H2,1-2H3,(H,17,18,19). The first kappa shape index (κ1) is 13.6. The molecule has 1 amide bonds. The number of carbonyl (C=O) groups is 1. The number of amidine groups is 1. The van der Waals surface area contributed by atoms with Crippen molar-refractivity contribution in [1.82, 2.24) is 5.32 Å². The number of aliphatic imine (C=N–C) groups is 1. The fraction of sp³-hybridized carbons (Fsp3) is 0.875. The van der Waals surface area contributed by atoms with Crippen molar-refractivity contribution in [2.75, 3.05) is 0 Å². The Morgan fingerprint density at radius 1 is 1.29 bits per heavy atom. The molecule has 2 N–H and O–H groups in total. The molecule has 4 bridgehead atoms. The number of hydrogen-bond acceptors (Lipinski definition) is 4. The monoisotopic (exact) mass is 292 g/mol. The Bertz CT molecular complexity index is 500. The second-order valence-electron chi connectivity index (χ2n) is 8.06. The number of aliphatic hydroxyl groups is 1. The SMILES string of the molecule is CC(C)N=C1NC(=O)C(C23CC4CC(CC(O)(C4)C2)C3)O1. The van der Waals surface area contributed by atoms with E-state index in [-0.39, 0.29) is 17.4 Å². The number of amides is 1. The van der Waals surface area contributed by atoms with Crippen LogP contribution in [0.1, 0.15) is 52.4 Å². The maximum Gasteiger partial charge on any atom is 0.292 e.